The number of methoxy groups -OCH3 is 1. The smallest absolute Gasteiger partial charge is 0.383 e. The lowest BCUT2D eigenvalue weighted by atomic mass is 9.88. The minimum Gasteiger partial charge on any atom is -0.383 e. The fraction of sp³-hybridized carbons (Fsp3) is 0.918. The maximum atomic E-state index is 12.5. The van der Waals surface area contributed by atoms with Crippen LogP contribution in [0.25, 0.3) is 0 Å². The number of amides is 8. The summed E-state index contributed by atoms with van der Waals surface area (Å²) >= 11 is 0. The van der Waals surface area contributed by atoms with Gasteiger partial charge >= 0.3 is 24.2 Å². The molecule has 8 amide bonds. The first-order chi connectivity index (χ1) is 62.1. The molecule has 0 atom stereocenters. The van der Waals surface area contributed by atoms with Crippen LogP contribution in [-0.2, 0) is 43.1 Å². The minimum atomic E-state index is -4.75. The Morgan fingerprint density at radius 1 is 0.321 bits per heavy atom. The summed E-state index contributed by atoms with van der Waals surface area (Å²) in [6.07, 6.45) is 24.1. The molecule has 0 aromatic rings. The van der Waals surface area contributed by atoms with Gasteiger partial charge in [0.1, 0.15) is 0 Å². The van der Waals surface area contributed by atoms with E-state index in [1.165, 1.54) is 96.6 Å². The lowest BCUT2D eigenvalue weighted by Gasteiger charge is -2.44. The Kier molecular flexibility index (Phi) is 50.7. The molecule has 0 bridgehead atoms. The van der Waals surface area contributed by atoms with Gasteiger partial charge in [0.2, 0.25) is 35.9 Å². The second kappa shape index (κ2) is 57.9. The largest absolute Gasteiger partial charge is 0.471 e. The Morgan fingerprint density at radius 3 is 0.832 bits per heavy atom. The third-order valence-electron chi connectivity index (χ3n) is 29.6. The van der Waals surface area contributed by atoms with Gasteiger partial charge in [0, 0.05) is 158 Å². The number of hydrogen-bond donors (Lipinski definition) is 0. The minimum absolute atomic E-state index is 0.118. The zero-order chi connectivity index (χ0) is 97.0. The number of nitrogens with zero attached hydrogens (tertiary/aromatic N) is 18. The van der Waals surface area contributed by atoms with Crippen LogP contribution in [0.4, 0.5) is 26.3 Å². The van der Waals surface area contributed by atoms with E-state index in [4.69, 9.17) is 4.74 Å². The van der Waals surface area contributed by atoms with Crippen LogP contribution in [0.1, 0.15) is 262 Å². The number of alkyl halides is 6. The first-order valence-electron chi connectivity index (χ1n) is 50.9. The Labute approximate surface area is 787 Å². The third-order valence-corrected chi connectivity index (χ3v) is 29.6. The Balaban J connectivity index is 0.000000227. The summed E-state index contributed by atoms with van der Waals surface area (Å²) in [5.41, 5.74) is 0. The molecule has 0 spiro atoms. The number of piperidine rings is 9. The lowest BCUT2D eigenvalue weighted by molar-refractivity contribution is -0.189. The van der Waals surface area contributed by atoms with E-state index in [-0.39, 0.29) is 48.3 Å². The molecule has 14 aliphatic rings. The van der Waals surface area contributed by atoms with Crippen LogP contribution in [0.3, 0.4) is 0 Å². The van der Waals surface area contributed by atoms with Crippen LogP contribution < -0.4 is 0 Å². The summed E-state index contributed by atoms with van der Waals surface area (Å²) < 4.78 is 79.7. The van der Waals surface area contributed by atoms with Gasteiger partial charge < -0.3 is 88.0 Å². The Bertz CT molecular complexity index is 3190. The highest BCUT2D eigenvalue weighted by Gasteiger charge is 2.51. The zero-order valence-corrected chi connectivity index (χ0v) is 85.2. The molecule has 0 radical (unpaired) electrons. The molecule has 9 aliphatic heterocycles. The van der Waals surface area contributed by atoms with Crippen molar-refractivity contribution >= 4 is 47.8 Å². The molecule has 9 heterocycles. The van der Waals surface area contributed by atoms with Crippen molar-refractivity contribution in [3.05, 3.63) is 0 Å². The molecule has 33 heteroatoms. The summed E-state index contributed by atoms with van der Waals surface area (Å²) in [4.78, 5) is 129. The summed E-state index contributed by atoms with van der Waals surface area (Å²) in [6.45, 7) is 41.6. The van der Waals surface area contributed by atoms with E-state index >= 15 is 0 Å². The number of likely N-dealkylation sites (tertiary alicyclic amines) is 9. The van der Waals surface area contributed by atoms with Crippen molar-refractivity contribution in [2.75, 3.05) is 221 Å². The molecule has 27 nitrogen and oxygen atoms in total. The van der Waals surface area contributed by atoms with Crippen LogP contribution in [0.2, 0.25) is 0 Å². The monoisotopic (exact) mass is 1870 g/mol. The molecule has 14 fully saturated rings. The van der Waals surface area contributed by atoms with E-state index in [9.17, 15) is 64.7 Å². The molecule has 5 saturated carbocycles. The quantitative estimate of drug-likeness (QED) is 0.0689. The molecule has 0 aromatic heterocycles. The SMILES string of the molecule is CC(=O)N(C(C)C)C1CCN(C)CC1.CC(=O)N(C1CC1)C1CCN(C)CC1.CC(=O)N(C1CCC1)C1CCN(C)CC1.CCC(=O)N(C1CC1)C1CCN(C)CC1.CCN(C(=O)C(F)(F)F)C1CCN(C)CC1.CCN(C(C)=O)C1CCN(C)CC1.CCN(C=O)C1CCN(C)CC1.CN1CCC(N(C(=O)C(F)(F)F)C2CC2)CC1.COCCN(C1CC1)C1CCN(C)CC1. The van der Waals surface area contributed by atoms with Crippen molar-refractivity contribution in [2.24, 2.45) is 0 Å². The van der Waals surface area contributed by atoms with E-state index in [0.29, 0.717) is 111 Å². The fourth-order valence-corrected chi connectivity index (χ4v) is 20.8. The van der Waals surface area contributed by atoms with E-state index in [0.717, 1.165) is 223 Å². The molecular weight excluding hydrogens is 1690 g/mol. The van der Waals surface area contributed by atoms with Crippen molar-refractivity contribution in [3.8, 4) is 0 Å². The van der Waals surface area contributed by atoms with Gasteiger partial charge in [-0.25, -0.2) is 0 Å². The average molecular weight is 1870 g/mol. The highest BCUT2D eigenvalue weighted by Crippen LogP contribution is 2.38. The first-order valence-corrected chi connectivity index (χ1v) is 50.9. The maximum absolute atomic E-state index is 12.5. The number of carbonyl (C=O) groups excluding carboxylic acids is 8. The summed E-state index contributed by atoms with van der Waals surface area (Å²) in [6, 6.07) is 6.12. The predicted octanol–water partition coefficient (Wildman–Crippen LogP) is 11.2. The normalized spacial score (nSPS) is 22.7. The number of ether oxygens (including phenoxy) is 1. The van der Waals surface area contributed by atoms with Crippen molar-refractivity contribution in [2.45, 2.75) is 365 Å². The van der Waals surface area contributed by atoms with Crippen LogP contribution in [0.15, 0.2) is 0 Å². The van der Waals surface area contributed by atoms with E-state index in [2.05, 4.69) is 134 Å². The maximum Gasteiger partial charge on any atom is 0.471 e. The van der Waals surface area contributed by atoms with Crippen molar-refractivity contribution in [1.29, 1.82) is 0 Å². The van der Waals surface area contributed by atoms with Gasteiger partial charge in [-0.2, -0.15) is 26.3 Å². The molecule has 131 heavy (non-hydrogen) atoms. The van der Waals surface area contributed by atoms with Gasteiger partial charge in [-0.15, -0.1) is 0 Å². The van der Waals surface area contributed by atoms with Gasteiger partial charge in [0.05, 0.1) is 6.61 Å². The topological polar surface area (TPSA) is 204 Å². The van der Waals surface area contributed by atoms with E-state index in [1.807, 2.05) is 42.6 Å². The standard InChI is InChI=1S/C12H24N2O.2C12H22N2O.C11H17F3N2O.C11H20N2O.C11H22N2O.C10H17F3N2O.C10H20N2O.C9H18N2O/c1-13-7-5-12(6-8-13)14(9-10-15-2)11-3-4-11;1-10(15)14(11-4-3-5-11)12-6-8-13(2)9-7-12;1-3-12(15)14(10-4-5-10)11-6-8-13(2)9-7-11;1-15-6-4-9(5-7-15)16(8-2-3-8)10(17)11(12,13)14;1-9(14)13(10-3-4-10)11-5-7-12(2)8-6-11;1-9(2)13(10(3)14)11-5-7-12(4)8-6-11;1-3-15(9(16)10(11,12)13)8-4-6-14(2)7-5-8;1-4-12(9(2)13)10-5-7-11(3)8-6-10;1-3-11(8-12)9-4-6-10(2)7-5-9/h11-12H,3-10H2,1-2H3;11-12H,3-9H2,1-2H3;10-11H,3-9H2,1-2H3;8-9H,2-7H2,1H3;10-11H,3-8H2,1-2H3;9,11H,5-8H2,1-4H3;8H,3-7H2,1-2H3;10H,4-8H2,1-3H3;8-9H,3-7H2,1-2H3. The van der Waals surface area contributed by atoms with Crippen LogP contribution in [0.5, 0.6) is 0 Å². The molecule has 0 aromatic carbocycles. The van der Waals surface area contributed by atoms with Crippen LogP contribution in [-0.4, -0.2) is 460 Å². The number of carbonyl (C=O) groups is 8. The first kappa shape index (κ1) is 115. The third kappa shape index (κ3) is 40.1. The number of rotatable bonds is 23. The van der Waals surface area contributed by atoms with Crippen LogP contribution >= 0.6 is 0 Å². The molecule has 14 rings (SSSR count). The average Bonchev–Trinajstić information content (AvgIpc) is 1.64. The number of hydrogen-bond acceptors (Lipinski definition) is 19. The fourth-order valence-electron chi connectivity index (χ4n) is 20.8. The molecule has 5 aliphatic carbocycles. The van der Waals surface area contributed by atoms with Crippen molar-refractivity contribution in [1.82, 2.24) is 88.2 Å². The Hall–Kier alpha value is -5.10. The second-order valence-electron chi connectivity index (χ2n) is 40.6. The zero-order valence-electron chi connectivity index (χ0n) is 85.2. The van der Waals surface area contributed by atoms with Gasteiger partial charge in [-0.3, -0.25) is 43.3 Å². The van der Waals surface area contributed by atoms with Gasteiger partial charge in [-0.1, -0.05) is 6.92 Å². The molecular formula is C98H182F6N18O9. The number of halogens is 6. The Morgan fingerprint density at radius 2 is 0.580 bits per heavy atom. The molecule has 0 unspecified atom stereocenters. The highest BCUT2D eigenvalue weighted by atomic mass is 19.4. The second-order valence-corrected chi connectivity index (χ2v) is 40.6. The molecule has 9 saturated heterocycles. The van der Waals surface area contributed by atoms with Gasteiger partial charge in [0.15, 0.2) is 0 Å². The lowest BCUT2D eigenvalue weighted by Crippen LogP contribution is -2.52. The predicted molar refractivity (Wildman–Crippen MR) is 511 cm³/mol. The van der Waals surface area contributed by atoms with Crippen LogP contribution in [0, 0.1) is 0 Å². The van der Waals surface area contributed by atoms with E-state index < -0.39 is 24.2 Å². The molecule has 0 N–H and O–H groups in total. The summed E-state index contributed by atoms with van der Waals surface area (Å²) in [5.74, 6) is -1.98. The van der Waals surface area contributed by atoms with Crippen molar-refractivity contribution < 1.29 is 69.4 Å². The molecule has 760 valence electrons. The summed E-state index contributed by atoms with van der Waals surface area (Å²) in [5, 5.41) is 0. The van der Waals surface area contributed by atoms with Gasteiger partial charge in [0.25, 0.3) is 0 Å². The van der Waals surface area contributed by atoms with Gasteiger partial charge in [-0.05, 0) is 402 Å². The van der Waals surface area contributed by atoms with E-state index in [1.54, 1.807) is 41.7 Å². The van der Waals surface area contributed by atoms with Crippen molar-refractivity contribution in [3.63, 3.8) is 0 Å². The summed E-state index contributed by atoms with van der Waals surface area (Å²) in [7, 11) is 20.8. The highest BCUT2D eigenvalue weighted by molar-refractivity contribution is 5.83.